The van der Waals surface area contributed by atoms with E-state index in [0.717, 1.165) is 32.7 Å². The molecule has 1 saturated heterocycles. The summed E-state index contributed by atoms with van der Waals surface area (Å²) < 4.78 is 6.79. The van der Waals surface area contributed by atoms with Gasteiger partial charge in [0.25, 0.3) is 0 Å². The zero-order valence-electron chi connectivity index (χ0n) is 15.6. The number of esters is 1. The van der Waals surface area contributed by atoms with Crippen molar-refractivity contribution in [3.8, 4) is 0 Å². The second-order valence-electron chi connectivity index (χ2n) is 6.21. The molecule has 0 amide bonds. The molecule has 0 aromatic carbocycles. The van der Waals surface area contributed by atoms with E-state index in [2.05, 4.69) is 26.7 Å². The molecule has 1 aliphatic rings. The van der Waals surface area contributed by atoms with Gasteiger partial charge in [0, 0.05) is 45.1 Å². The van der Waals surface area contributed by atoms with Crippen LogP contribution >= 0.6 is 0 Å². The van der Waals surface area contributed by atoms with Crippen molar-refractivity contribution in [3.63, 3.8) is 0 Å². The molecule has 2 aromatic rings. The fourth-order valence-corrected chi connectivity index (χ4v) is 3.18. The van der Waals surface area contributed by atoms with Gasteiger partial charge in [-0.3, -0.25) is 4.79 Å². The highest BCUT2D eigenvalue weighted by Crippen LogP contribution is 2.16. The van der Waals surface area contributed by atoms with Gasteiger partial charge in [-0.2, -0.15) is 4.98 Å². The van der Waals surface area contributed by atoms with Crippen LogP contribution in [0.2, 0.25) is 0 Å². The number of ether oxygens (including phenoxy) is 1. The van der Waals surface area contributed by atoms with Crippen LogP contribution in [0.1, 0.15) is 31.1 Å². The Hall–Kier alpha value is -2.48. The lowest BCUT2D eigenvalue weighted by atomic mass is 10.2. The largest absolute Gasteiger partial charge is 0.462 e. The molecular formula is C18H25N5O3. The molecule has 8 nitrogen and oxygen atoms in total. The second kappa shape index (κ2) is 7.82. The van der Waals surface area contributed by atoms with Crippen molar-refractivity contribution < 1.29 is 9.53 Å². The van der Waals surface area contributed by atoms with Gasteiger partial charge in [0.1, 0.15) is 11.2 Å². The van der Waals surface area contributed by atoms with Crippen LogP contribution in [0.15, 0.2) is 17.2 Å². The Kier molecular flexibility index (Phi) is 5.51. The van der Waals surface area contributed by atoms with Gasteiger partial charge < -0.3 is 19.1 Å². The lowest BCUT2D eigenvalue weighted by molar-refractivity contribution is 0.0524. The molecule has 0 unspecified atom stereocenters. The summed E-state index contributed by atoms with van der Waals surface area (Å²) in [5.74, 6) is 0.0140. The first-order valence-corrected chi connectivity index (χ1v) is 9.13. The van der Waals surface area contributed by atoms with E-state index in [-0.39, 0.29) is 17.6 Å². The first kappa shape index (κ1) is 18.3. The van der Waals surface area contributed by atoms with Gasteiger partial charge in [-0.25, -0.2) is 9.78 Å². The summed E-state index contributed by atoms with van der Waals surface area (Å²) >= 11 is 0. The monoisotopic (exact) mass is 359 g/mol. The van der Waals surface area contributed by atoms with Crippen LogP contribution in [-0.4, -0.2) is 64.7 Å². The maximum Gasteiger partial charge on any atom is 0.343 e. The van der Waals surface area contributed by atoms with Crippen LogP contribution in [0.5, 0.6) is 0 Å². The van der Waals surface area contributed by atoms with E-state index in [4.69, 9.17) is 4.74 Å². The number of likely N-dealkylation sites (N-methyl/N-ethyl adjacent to an activating group) is 1. The zero-order valence-corrected chi connectivity index (χ0v) is 15.6. The minimum atomic E-state index is -0.610. The number of carbonyl (C=O) groups excluding carboxylic acids is 1. The topological polar surface area (TPSA) is 80.6 Å². The lowest BCUT2D eigenvalue weighted by Crippen LogP contribution is -2.46. The Morgan fingerprint density at radius 3 is 2.50 bits per heavy atom. The molecule has 8 heteroatoms. The third kappa shape index (κ3) is 3.41. The fourth-order valence-electron chi connectivity index (χ4n) is 3.18. The van der Waals surface area contributed by atoms with E-state index in [0.29, 0.717) is 23.5 Å². The minimum absolute atomic E-state index is 0.0223. The summed E-state index contributed by atoms with van der Waals surface area (Å²) in [7, 11) is 0. The van der Waals surface area contributed by atoms with E-state index in [9.17, 15) is 9.59 Å². The average molecular weight is 359 g/mol. The number of carbonyl (C=O) groups is 1. The average Bonchev–Trinajstić information content (AvgIpc) is 2.68. The first-order valence-electron chi connectivity index (χ1n) is 9.13. The summed E-state index contributed by atoms with van der Waals surface area (Å²) in [6.07, 6.45) is 3.07. The molecule has 26 heavy (non-hydrogen) atoms. The van der Waals surface area contributed by atoms with Gasteiger partial charge >= 0.3 is 5.97 Å². The molecule has 0 atom stereocenters. The van der Waals surface area contributed by atoms with E-state index in [1.807, 2.05) is 6.92 Å². The maximum absolute atomic E-state index is 12.7. The third-order valence-corrected chi connectivity index (χ3v) is 4.74. The molecule has 0 bridgehead atoms. The number of fused-ring (bicyclic) bond motifs is 1. The van der Waals surface area contributed by atoms with Crippen molar-refractivity contribution >= 4 is 23.0 Å². The quantitative estimate of drug-likeness (QED) is 0.740. The summed E-state index contributed by atoms with van der Waals surface area (Å²) in [6.45, 7) is 11.3. The van der Waals surface area contributed by atoms with Crippen molar-refractivity contribution in [3.05, 3.63) is 28.2 Å². The highest BCUT2D eigenvalue weighted by molar-refractivity contribution is 5.93. The van der Waals surface area contributed by atoms with E-state index in [1.165, 1.54) is 12.4 Å². The Bertz CT molecular complexity index is 856. The van der Waals surface area contributed by atoms with Gasteiger partial charge in [0.05, 0.1) is 12.0 Å². The fraction of sp³-hybridized carbons (Fsp3) is 0.556. The van der Waals surface area contributed by atoms with Crippen molar-refractivity contribution in [1.29, 1.82) is 0 Å². The molecular weight excluding hydrogens is 334 g/mol. The molecule has 1 fully saturated rings. The SMILES string of the molecule is CCOC(=O)c1cn(CC)c2nc(N3CCN(CC)CC3)ncc2c1=O. The molecule has 1 aliphatic heterocycles. The molecule has 0 radical (unpaired) electrons. The Morgan fingerprint density at radius 1 is 1.15 bits per heavy atom. The number of nitrogens with zero attached hydrogens (tertiary/aromatic N) is 5. The predicted molar refractivity (Wildman–Crippen MR) is 99.8 cm³/mol. The molecule has 0 N–H and O–H groups in total. The van der Waals surface area contributed by atoms with Gasteiger partial charge in [-0.05, 0) is 20.4 Å². The van der Waals surface area contributed by atoms with Crippen LogP contribution < -0.4 is 10.3 Å². The lowest BCUT2D eigenvalue weighted by Gasteiger charge is -2.34. The third-order valence-electron chi connectivity index (χ3n) is 4.74. The number of aryl methyl sites for hydroxylation is 1. The number of hydrogen-bond acceptors (Lipinski definition) is 7. The van der Waals surface area contributed by atoms with Gasteiger partial charge in [0.15, 0.2) is 0 Å². The normalized spacial score (nSPS) is 15.4. The van der Waals surface area contributed by atoms with Crippen LogP contribution in [0.4, 0.5) is 5.95 Å². The first-order chi connectivity index (χ1) is 12.6. The molecule has 3 rings (SSSR count). The standard InChI is InChI=1S/C18H25N5O3/c1-4-21-7-9-23(10-8-21)18-19-11-13-15(24)14(17(25)26-6-3)12-22(5-2)16(13)20-18/h11-12H,4-10H2,1-3H3. The van der Waals surface area contributed by atoms with Gasteiger partial charge in [-0.1, -0.05) is 6.92 Å². The number of rotatable bonds is 5. The maximum atomic E-state index is 12.7. The number of piperazine rings is 1. The molecule has 3 heterocycles. The highest BCUT2D eigenvalue weighted by Gasteiger charge is 2.21. The zero-order chi connectivity index (χ0) is 18.7. The molecule has 0 aliphatic carbocycles. The molecule has 140 valence electrons. The van der Waals surface area contributed by atoms with Crippen LogP contribution in [0, 0.1) is 0 Å². The van der Waals surface area contributed by atoms with Crippen LogP contribution in [0.25, 0.3) is 11.0 Å². The Balaban J connectivity index is 2.01. The number of aromatic nitrogens is 3. The summed E-state index contributed by atoms with van der Waals surface area (Å²) in [6, 6.07) is 0. The van der Waals surface area contributed by atoms with Crippen LogP contribution in [-0.2, 0) is 11.3 Å². The van der Waals surface area contributed by atoms with Gasteiger partial charge in [-0.15, -0.1) is 0 Å². The van der Waals surface area contributed by atoms with Gasteiger partial charge in [0.2, 0.25) is 11.4 Å². The smallest absolute Gasteiger partial charge is 0.343 e. The predicted octanol–water partition coefficient (Wildman–Crippen LogP) is 1.13. The number of hydrogen-bond donors (Lipinski definition) is 0. The van der Waals surface area contributed by atoms with Crippen molar-refractivity contribution in [2.24, 2.45) is 0 Å². The molecule has 0 spiro atoms. The molecule has 2 aromatic heterocycles. The van der Waals surface area contributed by atoms with Crippen molar-refractivity contribution in [2.75, 3.05) is 44.2 Å². The minimum Gasteiger partial charge on any atom is -0.462 e. The number of pyridine rings is 1. The van der Waals surface area contributed by atoms with Crippen LogP contribution in [0.3, 0.4) is 0 Å². The summed E-state index contributed by atoms with van der Waals surface area (Å²) in [5, 5.41) is 0.341. The van der Waals surface area contributed by atoms with E-state index in [1.54, 1.807) is 11.5 Å². The summed E-state index contributed by atoms with van der Waals surface area (Å²) in [5.41, 5.74) is 0.188. The van der Waals surface area contributed by atoms with E-state index >= 15 is 0 Å². The van der Waals surface area contributed by atoms with E-state index < -0.39 is 5.97 Å². The Morgan fingerprint density at radius 2 is 1.88 bits per heavy atom. The molecule has 0 saturated carbocycles. The summed E-state index contributed by atoms with van der Waals surface area (Å²) in [4.78, 5) is 38.3. The Labute approximate surface area is 152 Å². The van der Waals surface area contributed by atoms with Crippen molar-refractivity contribution in [2.45, 2.75) is 27.3 Å². The van der Waals surface area contributed by atoms with Crippen molar-refractivity contribution in [1.82, 2.24) is 19.4 Å². The second-order valence-corrected chi connectivity index (χ2v) is 6.21. The number of anilines is 1. The highest BCUT2D eigenvalue weighted by atomic mass is 16.5.